The van der Waals surface area contributed by atoms with Gasteiger partial charge in [-0.1, -0.05) is 24.3 Å². The number of ether oxygens (including phenoxy) is 1. The molecule has 1 aliphatic rings. The summed E-state index contributed by atoms with van der Waals surface area (Å²) in [5, 5.41) is 3.98. The minimum Gasteiger partial charge on any atom is -0.440 e. The van der Waals surface area contributed by atoms with Crippen LogP contribution in [0.15, 0.2) is 63.1 Å². The lowest BCUT2D eigenvalue weighted by molar-refractivity contribution is 0.121. The van der Waals surface area contributed by atoms with E-state index in [0.29, 0.717) is 30.1 Å². The lowest BCUT2D eigenvalue weighted by Gasteiger charge is -2.27. The molecule has 3 heterocycles. The molecule has 0 saturated carbocycles. The summed E-state index contributed by atoms with van der Waals surface area (Å²) in [4.78, 5) is 14.8. The highest BCUT2D eigenvalue weighted by Gasteiger charge is 2.16. The van der Waals surface area contributed by atoms with Gasteiger partial charge in [0.05, 0.1) is 18.6 Å². The van der Waals surface area contributed by atoms with Gasteiger partial charge in [0.1, 0.15) is 5.58 Å². The van der Waals surface area contributed by atoms with E-state index in [2.05, 4.69) is 22.4 Å². The van der Waals surface area contributed by atoms with Crippen molar-refractivity contribution < 1.29 is 9.15 Å². The van der Waals surface area contributed by atoms with Crippen molar-refractivity contribution in [2.45, 2.75) is 0 Å². The molecule has 0 amide bonds. The van der Waals surface area contributed by atoms with E-state index in [9.17, 15) is 4.79 Å². The number of fused-ring (bicyclic) bond motifs is 2. The van der Waals surface area contributed by atoms with Gasteiger partial charge in [-0.3, -0.25) is 4.79 Å². The van der Waals surface area contributed by atoms with E-state index in [0.717, 1.165) is 24.2 Å². The lowest BCUT2D eigenvalue weighted by atomic mass is 10.0. The third-order valence-electron chi connectivity index (χ3n) is 4.83. The minimum atomic E-state index is -0.00544. The fourth-order valence-electron chi connectivity index (χ4n) is 3.45. The van der Waals surface area contributed by atoms with Crippen LogP contribution in [0, 0.1) is 0 Å². The van der Waals surface area contributed by atoms with Gasteiger partial charge in [-0.15, -0.1) is 11.3 Å². The maximum Gasteiger partial charge on any atom is 0.200 e. The van der Waals surface area contributed by atoms with E-state index in [4.69, 9.17) is 9.15 Å². The van der Waals surface area contributed by atoms with Gasteiger partial charge in [0.15, 0.2) is 11.3 Å². The van der Waals surface area contributed by atoms with Crippen molar-refractivity contribution in [3.05, 3.63) is 64.1 Å². The van der Waals surface area contributed by atoms with E-state index in [1.807, 2.05) is 30.3 Å². The highest BCUT2D eigenvalue weighted by Crippen LogP contribution is 2.35. The largest absolute Gasteiger partial charge is 0.440 e. The molecule has 0 spiro atoms. The van der Waals surface area contributed by atoms with Crippen LogP contribution in [0.3, 0.4) is 0 Å². The highest BCUT2D eigenvalue weighted by atomic mass is 32.1. The summed E-state index contributed by atoms with van der Waals surface area (Å²) in [5.74, 6) is 0.625. The molecule has 0 unspecified atom stereocenters. The van der Waals surface area contributed by atoms with Gasteiger partial charge < -0.3 is 14.1 Å². The molecule has 2 aromatic heterocycles. The highest BCUT2D eigenvalue weighted by molar-refractivity contribution is 7.17. The number of hydrogen-bond acceptors (Lipinski definition) is 5. The van der Waals surface area contributed by atoms with Gasteiger partial charge >= 0.3 is 0 Å². The topological polar surface area (TPSA) is 42.7 Å². The fourth-order valence-corrected chi connectivity index (χ4v) is 4.42. The Morgan fingerprint density at radius 3 is 2.69 bits per heavy atom. The number of hydrogen-bond donors (Lipinski definition) is 0. The summed E-state index contributed by atoms with van der Waals surface area (Å²) >= 11 is 1.72. The smallest absolute Gasteiger partial charge is 0.200 e. The monoisotopic (exact) mass is 363 g/mol. The summed E-state index contributed by atoms with van der Waals surface area (Å²) in [7, 11) is 0. The molecule has 0 N–H and O–H groups in total. The SMILES string of the molecule is O=c1cc(N2CCOCC2)oc2ccc(-c3csc4ccccc34)cc12. The molecule has 1 fully saturated rings. The van der Waals surface area contributed by atoms with Crippen LogP contribution in [-0.4, -0.2) is 26.3 Å². The number of nitrogens with zero attached hydrogens (tertiary/aromatic N) is 1. The van der Waals surface area contributed by atoms with E-state index >= 15 is 0 Å². The Kier molecular flexibility index (Phi) is 3.76. The maximum absolute atomic E-state index is 12.7. The second kappa shape index (κ2) is 6.27. The van der Waals surface area contributed by atoms with E-state index in [1.54, 1.807) is 17.4 Å². The maximum atomic E-state index is 12.7. The molecule has 5 heteroatoms. The third kappa shape index (κ3) is 2.60. The molecule has 1 saturated heterocycles. The second-order valence-corrected chi connectivity index (χ2v) is 7.32. The molecule has 0 radical (unpaired) electrons. The Labute approximate surface area is 154 Å². The van der Waals surface area contributed by atoms with Crippen LogP contribution in [0.4, 0.5) is 5.88 Å². The molecule has 26 heavy (non-hydrogen) atoms. The van der Waals surface area contributed by atoms with Gasteiger partial charge in [-0.2, -0.15) is 0 Å². The Hall–Kier alpha value is -2.63. The normalized spacial score (nSPS) is 15.0. The number of anilines is 1. The van der Waals surface area contributed by atoms with Gasteiger partial charge in [0, 0.05) is 34.8 Å². The number of morpholine rings is 1. The average molecular weight is 363 g/mol. The molecular formula is C21H17NO3S. The standard InChI is InChI=1S/C21H17NO3S/c23-18-12-21(22-7-9-24-10-8-22)25-19-6-5-14(11-16(18)19)17-13-26-20-4-2-1-3-15(17)20/h1-6,11-13H,7-10H2. The Morgan fingerprint density at radius 1 is 0.962 bits per heavy atom. The van der Waals surface area contributed by atoms with Crippen LogP contribution in [0.5, 0.6) is 0 Å². The van der Waals surface area contributed by atoms with E-state index in [1.165, 1.54) is 10.1 Å². The summed E-state index contributed by atoms with van der Waals surface area (Å²) in [6.45, 7) is 2.80. The molecule has 4 nitrogen and oxygen atoms in total. The van der Waals surface area contributed by atoms with Crippen molar-refractivity contribution in [3.63, 3.8) is 0 Å². The minimum absolute atomic E-state index is 0.00544. The summed E-state index contributed by atoms with van der Waals surface area (Å²) in [6.07, 6.45) is 0. The first kappa shape index (κ1) is 15.6. The Morgan fingerprint density at radius 2 is 1.81 bits per heavy atom. The van der Waals surface area contributed by atoms with Crippen LogP contribution in [0.2, 0.25) is 0 Å². The average Bonchev–Trinajstić information content (AvgIpc) is 3.12. The number of rotatable bonds is 2. The fraction of sp³-hybridized carbons (Fsp3) is 0.190. The van der Waals surface area contributed by atoms with Gasteiger partial charge in [-0.05, 0) is 29.1 Å². The predicted octanol–water partition coefficient (Wildman–Crippen LogP) is 4.51. The molecule has 0 atom stereocenters. The van der Waals surface area contributed by atoms with Crippen molar-refractivity contribution >= 4 is 38.3 Å². The first-order chi connectivity index (χ1) is 12.8. The zero-order chi connectivity index (χ0) is 17.5. The van der Waals surface area contributed by atoms with Gasteiger partial charge in [0.2, 0.25) is 0 Å². The zero-order valence-corrected chi connectivity index (χ0v) is 14.9. The van der Waals surface area contributed by atoms with Crippen molar-refractivity contribution in [2.24, 2.45) is 0 Å². The lowest BCUT2D eigenvalue weighted by Crippen LogP contribution is -2.36. The molecule has 2 aromatic carbocycles. The first-order valence-electron chi connectivity index (χ1n) is 8.67. The summed E-state index contributed by atoms with van der Waals surface area (Å²) in [5.41, 5.74) is 2.82. The Balaban J connectivity index is 1.62. The second-order valence-electron chi connectivity index (χ2n) is 6.40. The molecule has 130 valence electrons. The molecule has 4 aromatic rings. The summed E-state index contributed by atoms with van der Waals surface area (Å²) in [6, 6.07) is 15.8. The first-order valence-corrected chi connectivity index (χ1v) is 9.55. The zero-order valence-electron chi connectivity index (χ0n) is 14.1. The molecule has 1 aliphatic heterocycles. The van der Waals surface area contributed by atoms with E-state index in [-0.39, 0.29) is 5.43 Å². The van der Waals surface area contributed by atoms with Crippen LogP contribution in [0.25, 0.3) is 32.2 Å². The number of thiophene rings is 1. The molecule has 5 rings (SSSR count). The molecule has 0 aliphatic carbocycles. The quantitative estimate of drug-likeness (QED) is 0.525. The predicted molar refractivity (Wildman–Crippen MR) is 106 cm³/mol. The Bertz CT molecular complexity index is 1150. The van der Waals surface area contributed by atoms with Crippen LogP contribution >= 0.6 is 11.3 Å². The summed E-state index contributed by atoms with van der Waals surface area (Å²) < 4.78 is 12.6. The molecule has 0 bridgehead atoms. The van der Waals surface area contributed by atoms with Gasteiger partial charge in [-0.25, -0.2) is 0 Å². The third-order valence-corrected chi connectivity index (χ3v) is 5.79. The molecular weight excluding hydrogens is 346 g/mol. The van der Waals surface area contributed by atoms with Crippen molar-refractivity contribution in [1.82, 2.24) is 0 Å². The van der Waals surface area contributed by atoms with Crippen molar-refractivity contribution in [2.75, 3.05) is 31.2 Å². The van der Waals surface area contributed by atoms with Crippen molar-refractivity contribution in [3.8, 4) is 11.1 Å². The van der Waals surface area contributed by atoms with Crippen LogP contribution < -0.4 is 10.3 Å². The van der Waals surface area contributed by atoms with Crippen LogP contribution in [-0.2, 0) is 4.74 Å². The van der Waals surface area contributed by atoms with Crippen molar-refractivity contribution in [1.29, 1.82) is 0 Å². The van der Waals surface area contributed by atoms with Crippen LogP contribution in [0.1, 0.15) is 0 Å². The van der Waals surface area contributed by atoms with Gasteiger partial charge in [0.25, 0.3) is 0 Å². The number of benzene rings is 2. The van der Waals surface area contributed by atoms with E-state index < -0.39 is 0 Å².